The van der Waals surface area contributed by atoms with Crippen molar-refractivity contribution in [2.45, 2.75) is 77.9 Å². The van der Waals surface area contributed by atoms with Crippen molar-refractivity contribution in [3.05, 3.63) is 91.8 Å². The lowest BCUT2D eigenvalue weighted by Gasteiger charge is -2.29. The van der Waals surface area contributed by atoms with E-state index in [0.29, 0.717) is 60.1 Å². The Morgan fingerprint density at radius 2 is 1.76 bits per heavy atom. The Balaban J connectivity index is 0.869. The van der Waals surface area contributed by atoms with Gasteiger partial charge < -0.3 is 20.9 Å². The number of nitrogens with one attached hydrogen (secondary N) is 4. The highest BCUT2D eigenvalue weighted by molar-refractivity contribution is 7.15. The minimum Gasteiger partial charge on any atom is -0.356 e. The van der Waals surface area contributed by atoms with E-state index < -0.39 is 18.0 Å². The van der Waals surface area contributed by atoms with Crippen LogP contribution >= 0.6 is 22.9 Å². The lowest BCUT2D eigenvalue weighted by Crippen LogP contribution is -2.52. The molecular formula is C39H42ClN9O5S. The van der Waals surface area contributed by atoms with E-state index in [4.69, 9.17) is 16.6 Å². The van der Waals surface area contributed by atoms with Crippen molar-refractivity contribution in [3.63, 3.8) is 0 Å². The van der Waals surface area contributed by atoms with E-state index >= 15 is 0 Å². The molecule has 1 fully saturated rings. The van der Waals surface area contributed by atoms with Crippen molar-refractivity contribution in [3.8, 4) is 5.00 Å². The predicted octanol–water partition coefficient (Wildman–Crippen LogP) is 4.47. The average molecular weight is 784 g/mol. The van der Waals surface area contributed by atoms with Gasteiger partial charge in [-0.25, -0.2) is 0 Å². The molecule has 3 aliphatic rings. The van der Waals surface area contributed by atoms with Crippen LogP contribution in [0, 0.1) is 20.8 Å². The molecular weight excluding hydrogens is 742 g/mol. The maximum absolute atomic E-state index is 13.3. The number of thiophene rings is 1. The summed E-state index contributed by atoms with van der Waals surface area (Å²) in [6.45, 7) is 8.01. The van der Waals surface area contributed by atoms with Gasteiger partial charge in [0.05, 0.1) is 12.1 Å². The molecule has 2 aromatic carbocycles. The number of carbonyl (C=O) groups excluding carboxylic acids is 5. The van der Waals surface area contributed by atoms with Crippen molar-refractivity contribution >= 4 is 63.9 Å². The van der Waals surface area contributed by atoms with Crippen LogP contribution in [0.15, 0.2) is 47.5 Å². The van der Waals surface area contributed by atoms with E-state index in [1.54, 1.807) is 29.5 Å². The predicted molar refractivity (Wildman–Crippen MR) is 209 cm³/mol. The molecule has 1 unspecified atom stereocenters. The van der Waals surface area contributed by atoms with E-state index in [1.807, 2.05) is 35.8 Å². The number of fused-ring (bicyclic) bond motifs is 4. The van der Waals surface area contributed by atoms with Crippen LogP contribution in [0.2, 0.25) is 5.02 Å². The first-order chi connectivity index (χ1) is 26.5. The van der Waals surface area contributed by atoms with Crippen LogP contribution in [-0.2, 0) is 25.7 Å². The monoisotopic (exact) mass is 783 g/mol. The normalized spacial score (nSPS) is 17.6. The van der Waals surface area contributed by atoms with Crippen LogP contribution in [0.4, 0.5) is 5.69 Å². The zero-order chi connectivity index (χ0) is 38.8. The lowest BCUT2D eigenvalue weighted by molar-refractivity contribution is -0.137. The highest BCUT2D eigenvalue weighted by Crippen LogP contribution is 2.40. The van der Waals surface area contributed by atoms with Crippen LogP contribution in [-0.4, -0.2) is 80.6 Å². The van der Waals surface area contributed by atoms with Crippen molar-refractivity contribution in [1.29, 1.82) is 0 Å². The zero-order valence-electron chi connectivity index (χ0n) is 30.8. The van der Waals surface area contributed by atoms with E-state index in [1.165, 1.54) is 9.78 Å². The molecule has 55 heavy (non-hydrogen) atoms. The molecule has 3 aliphatic heterocycles. The number of hydrogen-bond acceptors (Lipinski definition) is 10. The molecule has 0 saturated carbocycles. The maximum Gasteiger partial charge on any atom is 0.255 e. The smallest absolute Gasteiger partial charge is 0.255 e. The summed E-state index contributed by atoms with van der Waals surface area (Å²) >= 11 is 7.88. The highest BCUT2D eigenvalue weighted by atomic mass is 35.5. The number of nitrogens with zero attached hydrogens (tertiary/aromatic N) is 5. The number of halogens is 1. The van der Waals surface area contributed by atoms with Crippen molar-refractivity contribution in [2.24, 2.45) is 4.99 Å². The van der Waals surface area contributed by atoms with Gasteiger partial charge in [-0.15, -0.1) is 21.5 Å². The molecule has 0 spiro atoms. The van der Waals surface area contributed by atoms with Crippen molar-refractivity contribution < 1.29 is 24.0 Å². The average Bonchev–Trinajstić information content (AvgIpc) is 3.77. The molecule has 1 saturated heterocycles. The molecule has 0 bridgehead atoms. The minimum atomic E-state index is -0.721. The van der Waals surface area contributed by atoms with E-state index in [-0.39, 0.29) is 55.9 Å². The second-order valence-corrected chi connectivity index (χ2v) is 15.6. The Hall–Kier alpha value is -5.25. The summed E-state index contributed by atoms with van der Waals surface area (Å²) in [4.78, 5) is 71.0. The van der Waals surface area contributed by atoms with Crippen LogP contribution < -0.4 is 21.3 Å². The number of amides is 5. The first-order valence-corrected chi connectivity index (χ1v) is 19.6. The van der Waals surface area contributed by atoms with Gasteiger partial charge in [0.1, 0.15) is 22.9 Å². The van der Waals surface area contributed by atoms with Crippen molar-refractivity contribution in [2.75, 3.05) is 25.0 Å². The number of piperidine rings is 1. The fourth-order valence-electron chi connectivity index (χ4n) is 7.24. The molecule has 7 rings (SSSR count). The van der Waals surface area contributed by atoms with Crippen LogP contribution in [0.5, 0.6) is 0 Å². The Bertz CT molecular complexity index is 2210. The maximum atomic E-state index is 13.3. The molecule has 286 valence electrons. The summed E-state index contributed by atoms with van der Waals surface area (Å²) in [6, 6.07) is 11.5. The number of aromatic nitrogens is 3. The van der Waals surface area contributed by atoms with Crippen LogP contribution in [0.25, 0.3) is 5.00 Å². The summed E-state index contributed by atoms with van der Waals surface area (Å²) in [5, 5.41) is 22.1. The third-order valence-electron chi connectivity index (χ3n) is 10.2. The molecule has 2 atom stereocenters. The fraction of sp³-hybridized carbons (Fsp3) is 0.385. The topological polar surface area (TPSA) is 180 Å². The quantitative estimate of drug-likeness (QED) is 0.113. The number of aliphatic imine (C=N–C) groups is 1. The SMILES string of the molecule is Cc1sc2c(c1C)C(c1ccc(Cl)cc1)=N[C@@H](CC(=O)NCCCNCCCC(=O)Nc1cccc3c1CN(C1CCC(=O)NC1=O)C3=O)c1nnc(C)n1-2. The van der Waals surface area contributed by atoms with E-state index in [2.05, 4.69) is 45.3 Å². The Labute approximate surface area is 327 Å². The molecule has 4 aromatic rings. The molecule has 4 N–H and O–H groups in total. The first-order valence-electron chi connectivity index (χ1n) is 18.4. The molecule has 2 aromatic heterocycles. The minimum absolute atomic E-state index is 0.110. The summed E-state index contributed by atoms with van der Waals surface area (Å²) in [5.74, 6) is -0.0606. The van der Waals surface area contributed by atoms with Gasteiger partial charge in [0, 0.05) is 63.8 Å². The third-order valence-corrected chi connectivity index (χ3v) is 11.6. The number of hydrogen-bond donors (Lipinski definition) is 4. The third kappa shape index (κ3) is 7.95. The first kappa shape index (κ1) is 38.0. The molecule has 16 heteroatoms. The van der Waals surface area contributed by atoms with Crippen LogP contribution in [0.3, 0.4) is 0 Å². The number of anilines is 1. The second kappa shape index (κ2) is 16.2. The molecule has 14 nitrogen and oxygen atoms in total. The van der Waals surface area contributed by atoms with Gasteiger partial charge in [0.15, 0.2) is 5.82 Å². The van der Waals surface area contributed by atoms with Crippen LogP contribution in [0.1, 0.15) is 93.7 Å². The largest absolute Gasteiger partial charge is 0.356 e. The molecule has 5 amide bonds. The van der Waals surface area contributed by atoms with Gasteiger partial charge >= 0.3 is 0 Å². The Morgan fingerprint density at radius 3 is 2.55 bits per heavy atom. The molecule has 0 radical (unpaired) electrons. The number of imide groups is 1. The van der Waals surface area contributed by atoms with E-state index in [0.717, 1.165) is 33.2 Å². The number of carbonyl (C=O) groups is 5. The Kier molecular flexibility index (Phi) is 11.2. The van der Waals surface area contributed by atoms with E-state index in [9.17, 15) is 24.0 Å². The fourth-order valence-corrected chi connectivity index (χ4v) is 8.58. The molecule has 0 aliphatic carbocycles. The van der Waals surface area contributed by atoms with Crippen molar-refractivity contribution in [1.82, 2.24) is 35.6 Å². The van der Waals surface area contributed by atoms with Gasteiger partial charge in [-0.3, -0.25) is 38.8 Å². The summed E-state index contributed by atoms with van der Waals surface area (Å²) in [5.41, 5.74) is 5.51. The highest BCUT2D eigenvalue weighted by Gasteiger charge is 2.40. The van der Waals surface area contributed by atoms with Gasteiger partial charge in [-0.1, -0.05) is 29.8 Å². The number of aryl methyl sites for hydroxylation is 2. The zero-order valence-corrected chi connectivity index (χ0v) is 32.4. The summed E-state index contributed by atoms with van der Waals surface area (Å²) < 4.78 is 2.03. The molecule has 5 heterocycles. The van der Waals surface area contributed by atoms with Gasteiger partial charge in [0.25, 0.3) is 5.91 Å². The standard InChI is InChI=1S/C39H42ClN9O5S/c1-21-22(2)55-39-34(21)35(24-10-12-25(40)13-11-24)44-29(36-47-46-23(3)49(36)39)19-33(52)42-18-6-17-41-16-5-9-31(50)43-28-8-4-7-26-27(28)20-48(38(26)54)30-14-15-32(51)45-37(30)53/h4,7-8,10-13,29-30,41H,5-6,9,14-20H2,1-3H3,(H,42,52)(H,43,50)(H,45,51,53)/t29-,30?/m0/s1. The summed E-state index contributed by atoms with van der Waals surface area (Å²) in [7, 11) is 0. The lowest BCUT2D eigenvalue weighted by atomic mass is 9.99. The number of benzene rings is 2. The van der Waals surface area contributed by atoms with Gasteiger partial charge in [0.2, 0.25) is 23.6 Å². The summed E-state index contributed by atoms with van der Waals surface area (Å²) in [6.07, 6.45) is 2.12. The van der Waals surface area contributed by atoms with Gasteiger partial charge in [-0.2, -0.15) is 0 Å². The Morgan fingerprint density at radius 1 is 0.982 bits per heavy atom. The van der Waals surface area contributed by atoms with Gasteiger partial charge in [-0.05, 0) is 83.0 Å². The second-order valence-electron chi connectivity index (χ2n) is 13.9. The number of rotatable bonds is 13.